The maximum absolute atomic E-state index is 6.12. The van der Waals surface area contributed by atoms with Gasteiger partial charge in [-0.3, -0.25) is 4.90 Å². The van der Waals surface area contributed by atoms with Crippen LogP contribution in [0.3, 0.4) is 0 Å². The Morgan fingerprint density at radius 3 is 2.31 bits per heavy atom. The normalized spacial score (nSPS) is 39.0. The fourth-order valence-corrected chi connectivity index (χ4v) is 3.56. The molecule has 1 saturated heterocycles. The van der Waals surface area contributed by atoms with Crippen LogP contribution in [0.2, 0.25) is 0 Å². The van der Waals surface area contributed by atoms with E-state index in [2.05, 4.69) is 30.5 Å². The van der Waals surface area contributed by atoms with Gasteiger partial charge in [0, 0.05) is 35.7 Å². The number of hydrogen-bond acceptors (Lipinski definition) is 3. The van der Waals surface area contributed by atoms with Crippen LogP contribution >= 0.6 is 11.8 Å². The number of thioether (sulfide) groups is 1. The van der Waals surface area contributed by atoms with E-state index < -0.39 is 0 Å². The first-order chi connectivity index (χ1) is 6.07. The second-order valence-electron chi connectivity index (χ2n) is 4.81. The predicted molar refractivity (Wildman–Crippen MR) is 59.1 cm³/mol. The molecule has 2 atom stereocenters. The van der Waals surface area contributed by atoms with Crippen molar-refractivity contribution in [2.45, 2.75) is 42.7 Å². The summed E-state index contributed by atoms with van der Waals surface area (Å²) in [6.45, 7) is 8.23. The van der Waals surface area contributed by atoms with Crippen LogP contribution in [0.25, 0.3) is 0 Å². The van der Waals surface area contributed by atoms with Gasteiger partial charge in [0.2, 0.25) is 0 Å². The van der Waals surface area contributed by atoms with Crippen molar-refractivity contribution in [3.05, 3.63) is 0 Å². The van der Waals surface area contributed by atoms with E-state index in [0.29, 0.717) is 0 Å². The molecule has 2 nitrogen and oxygen atoms in total. The first-order valence-corrected chi connectivity index (χ1v) is 6.18. The molecular formula is C10H20N2S. The van der Waals surface area contributed by atoms with Crippen LogP contribution in [-0.4, -0.2) is 40.6 Å². The quantitative estimate of drug-likeness (QED) is 0.728. The average molecular weight is 200 g/mol. The molecule has 0 amide bonds. The first-order valence-electron chi connectivity index (χ1n) is 5.24. The van der Waals surface area contributed by atoms with Crippen LogP contribution in [0.1, 0.15) is 26.7 Å². The molecule has 0 spiro atoms. The molecule has 2 N–H and O–H groups in total. The van der Waals surface area contributed by atoms with Crippen molar-refractivity contribution in [2.24, 2.45) is 5.73 Å². The van der Waals surface area contributed by atoms with Gasteiger partial charge in [0.05, 0.1) is 0 Å². The molecule has 76 valence electrons. The standard InChI is InChI=1S/C10H20N2S/c1-8-5-12(6-9(2)13-8)7-10(11)3-4-10/h8-9H,3-7,11H2,1-2H3. The van der Waals surface area contributed by atoms with E-state index in [1.807, 2.05) is 0 Å². The minimum atomic E-state index is 0.196. The van der Waals surface area contributed by atoms with E-state index in [4.69, 9.17) is 5.73 Å². The Bertz CT molecular complexity index is 181. The number of nitrogens with zero attached hydrogens (tertiary/aromatic N) is 1. The lowest BCUT2D eigenvalue weighted by Gasteiger charge is -2.36. The molecule has 2 rings (SSSR count). The summed E-state index contributed by atoms with van der Waals surface area (Å²) in [6, 6.07) is 0. The maximum atomic E-state index is 6.12. The summed E-state index contributed by atoms with van der Waals surface area (Å²) in [4.78, 5) is 2.55. The zero-order valence-electron chi connectivity index (χ0n) is 8.62. The SMILES string of the molecule is CC1CN(CC2(N)CC2)CC(C)S1. The summed E-state index contributed by atoms with van der Waals surface area (Å²) in [5.74, 6) is 0. The Labute approximate surface area is 85.2 Å². The van der Waals surface area contributed by atoms with Crippen LogP contribution in [-0.2, 0) is 0 Å². The number of rotatable bonds is 2. The monoisotopic (exact) mass is 200 g/mol. The highest BCUT2D eigenvalue weighted by Crippen LogP contribution is 2.35. The van der Waals surface area contributed by atoms with Crippen LogP contribution in [0.4, 0.5) is 0 Å². The second kappa shape index (κ2) is 3.44. The van der Waals surface area contributed by atoms with Crippen LogP contribution in [0, 0.1) is 0 Å². The molecule has 3 heteroatoms. The van der Waals surface area contributed by atoms with E-state index in [1.54, 1.807) is 0 Å². The van der Waals surface area contributed by atoms with Crippen molar-refractivity contribution in [1.82, 2.24) is 4.90 Å². The summed E-state index contributed by atoms with van der Waals surface area (Å²) in [7, 11) is 0. The molecule has 0 bridgehead atoms. The largest absolute Gasteiger partial charge is 0.324 e. The van der Waals surface area contributed by atoms with Gasteiger partial charge >= 0.3 is 0 Å². The third kappa shape index (κ3) is 2.61. The Kier molecular flexibility index (Phi) is 2.60. The van der Waals surface area contributed by atoms with Crippen molar-refractivity contribution in [3.63, 3.8) is 0 Å². The van der Waals surface area contributed by atoms with Crippen LogP contribution < -0.4 is 5.73 Å². The average Bonchev–Trinajstić information content (AvgIpc) is 2.64. The minimum absolute atomic E-state index is 0.196. The Morgan fingerprint density at radius 1 is 1.31 bits per heavy atom. The van der Waals surface area contributed by atoms with Gasteiger partial charge in [-0.05, 0) is 12.8 Å². The third-order valence-corrected chi connectivity index (χ3v) is 4.15. The van der Waals surface area contributed by atoms with Crippen molar-refractivity contribution in [3.8, 4) is 0 Å². The molecule has 1 aliphatic heterocycles. The summed E-state index contributed by atoms with van der Waals surface area (Å²) in [6.07, 6.45) is 2.47. The molecule has 0 aromatic heterocycles. The van der Waals surface area contributed by atoms with E-state index in [1.165, 1.54) is 25.9 Å². The van der Waals surface area contributed by atoms with Gasteiger partial charge in [-0.25, -0.2) is 0 Å². The third-order valence-electron chi connectivity index (χ3n) is 2.93. The Morgan fingerprint density at radius 2 is 1.85 bits per heavy atom. The van der Waals surface area contributed by atoms with Gasteiger partial charge in [-0.2, -0.15) is 11.8 Å². The van der Waals surface area contributed by atoms with Crippen molar-refractivity contribution in [1.29, 1.82) is 0 Å². The molecular weight excluding hydrogens is 180 g/mol. The number of hydrogen-bond donors (Lipinski definition) is 1. The Balaban J connectivity index is 1.84. The maximum Gasteiger partial charge on any atom is 0.0284 e. The molecule has 2 fully saturated rings. The molecule has 1 heterocycles. The van der Waals surface area contributed by atoms with E-state index in [9.17, 15) is 0 Å². The molecule has 2 aliphatic rings. The first kappa shape index (κ1) is 9.81. The van der Waals surface area contributed by atoms with E-state index in [-0.39, 0.29) is 5.54 Å². The van der Waals surface area contributed by atoms with Crippen LogP contribution in [0.15, 0.2) is 0 Å². The van der Waals surface area contributed by atoms with Gasteiger partial charge in [0.1, 0.15) is 0 Å². The summed E-state index contributed by atoms with van der Waals surface area (Å²) in [5, 5.41) is 1.57. The minimum Gasteiger partial charge on any atom is -0.324 e. The molecule has 13 heavy (non-hydrogen) atoms. The van der Waals surface area contributed by atoms with Gasteiger partial charge in [-0.15, -0.1) is 0 Å². The molecule has 0 radical (unpaired) electrons. The topological polar surface area (TPSA) is 29.3 Å². The predicted octanol–water partition coefficient (Wildman–Crippen LogP) is 1.30. The summed E-state index contributed by atoms with van der Waals surface area (Å²) < 4.78 is 0. The van der Waals surface area contributed by atoms with Gasteiger partial charge in [0.15, 0.2) is 0 Å². The molecule has 0 aromatic carbocycles. The summed E-state index contributed by atoms with van der Waals surface area (Å²) >= 11 is 2.11. The molecule has 2 unspecified atom stereocenters. The van der Waals surface area contributed by atoms with Gasteiger partial charge in [0.25, 0.3) is 0 Å². The Hall–Kier alpha value is 0.270. The lowest BCUT2D eigenvalue weighted by molar-refractivity contribution is 0.248. The van der Waals surface area contributed by atoms with Crippen molar-refractivity contribution in [2.75, 3.05) is 19.6 Å². The zero-order chi connectivity index (χ0) is 9.47. The fraction of sp³-hybridized carbons (Fsp3) is 1.00. The lowest BCUT2D eigenvalue weighted by Crippen LogP contribution is -2.47. The van der Waals surface area contributed by atoms with Gasteiger partial charge in [-0.1, -0.05) is 13.8 Å². The highest BCUT2D eigenvalue weighted by Gasteiger charge is 2.40. The molecule has 0 aromatic rings. The van der Waals surface area contributed by atoms with Gasteiger partial charge < -0.3 is 5.73 Å². The highest BCUT2D eigenvalue weighted by atomic mass is 32.2. The van der Waals surface area contributed by atoms with E-state index in [0.717, 1.165) is 17.0 Å². The number of nitrogens with two attached hydrogens (primary N) is 1. The van der Waals surface area contributed by atoms with Crippen molar-refractivity contribution < 1.29 is 0 Å². The van der Waals surface area contributed by atoms with E-state index >= 15 is 0 Å². The molecule has 1 saturated carbocycles. The lowest BCUT2D eigenvalue weighted by atomic mass is 10.2. The second-order valence-corrected chi connectivity index (χ2v) is 6.70. The zero-order valence-corrected chi connectivity index (χ0v) is 9.44. The van der Waals surface area contributed by atoms with Crippen LogP contribution in [0.5, 0.6) is 0 Å². The highest BCUT2D eigenvalue weighted by molar-refractivity contribution is 8.00. The summed E-state index contributed by atoms with van der Waals surface area (Å²) in [5.41, 5.74) is 6.32. The fourth-order valence-electron chi connectivity index (χ4n) is 2.18. The molecule has 1 aliphatic carbocycles. The smallest absolute Gasteiger partial charge is 0.0284 e. The van der Waals surface area contributed by atoms with Crippen molar-refractivity contribution >= 4 is 11.8 Å².